The SMILES string of the molecule is Cc1ccc(CNC(=O)COC(=O)COc2ccc3ccccc3c2)cc1F. The molecule has 5 nitrogen and oxygen atoms in total. The molecule has 3 aromatic rings. The lowest BCUT2D eigenvalue weighted by atomic mass is 10.1. The third kappa shape index (κ3) is 5.30. The van der Waals surface area contributed by atoms with Gasteiger partial charge in [0, 0.05) is 6.54 Å². The first-order valence-corrected chi connectivity index (χ1v) is 8.80. The molecular weight excluding hydrogens is 361 g/mol. The van der Waals surface area contributed by atoms with Crippen molar-refractivity contribution in [3.8, 4) is 5.75 Å². The predicted octanol–water partition coefficient (Wildman–Crippen LogP) is 3.53. The average Bonchev–Trinajstić information content (AvgIpc) is 2.71. The predicted molar refractivity (Wildman–Crippen MR) is 103 cm³/mol. The molecule has 6 heteroatoms. The van der Waals surface area contributed by atoms with Crippen molar-refractivity contribution >= 4 is 22.6 Å². The van der Waals surface area contributed by atoms with Crippen LogP contribution in [-0.2, 0) is 20.9 Å². The molecule has 0 aliphatic carbocycles. The van der Waals surface area contributed by atoms with E-state index in [0.29, 0.717) is 16.9 Å². The lowest BCUT2D eigenvalue weighted by Gasteiger charge is -2.09. The Hall–Kier alpha value is -3.41. The molecule has 0 bridgehead atoms. The van der Waals surface area contributed by atoms with Crippen molar-refractivity contribution in [3.63, 3.8) is 0 Å². The first-order valence-electron chi connectivity index (χ1n) is 8.80. The fraction of sp³-hybridized carbons (Fsp3) is 0.182. The van der Waals surface area contributed by atoms with Gasteiger partial charge in [-0.3, -0.25) is 4.79 Å². The smallest absolute Gasteiger partial charge is 0.344 e. The summed E-state index contributed by atoms with van der Waals surface area (Å²) in [6.45, 7) is 1.10. The number of rotatable bonds is 7. The maximum Gasteiger partial charge on any atom is 0.344 e. The minimum atomic E-state index is -0.648. The van der Waals surface area contributed by atoms with Gasteiger partial charge in [0.2, 0.25) is 0 Å². The summed E-state index contributed by atoms with van der Waals surface area (Å²) in [7, 11) is 0. The zero-order chi connectivity index (χ0) is 19.9. The normalized spacial score (nSPS) is 10.5. The van der Waals surface area contributed by atoms with E-state index in [0.717, 1.165) is 10.8 Å². The van der Waals surface area contributed by atoms with Crippen molar-refractivity contribution < 1.29 is 23.5 Å². The fourth-order valence-electron chi connectivity index (χ4n) is 2.59. The second kappa shape index (κ2) is 8.99. The number of amides is 1. The first kappa shape index (κ1) is 19.4. The van der Waals surface area contributed by atoms with Gasteiger partial charge in [0.15, 0.2) is 13.2 Å². The van der Waals surface area contributed by atoms with Crippen LogP contribution >= 0.6 is 0 Å². The van der Waals surface area contributed by atoms with Crippen molar-refractivity contribution in [1.29, 1.82) is 0 Å². The van der Waals surface area contributed by atoms with E-state index in [2.05, 4.69) is 5.32 Å². The molecule has 0 atom stereocenters. The molecule has 144 valence electrons. The summed E-state index contributed by atoms with van der Waals surface area (Å²) in [6, 6.07) is 18.0. The Morgan fingerprint density at radius 1 is 0.964 bits per heavy atom. The van der Waals surface area contributed by atoms with Gasteiger partial charge in [0.25, 0.3) is 5.91 Å². The van der Waals surface area contributed by atoms with Crippen LogP contribution in [0.15, 0.2) is 60.7 Å². The Kier molecular flexibility index (Phi) is 6.22. The summed E-state index contributed by atoms with van der Waals surface area (Å²) in [5.74, 6) is -0.907. The van der Waals surface area contributed by atoms with E-state index >= 15 is 0 Å². The number of fused-ring (bicyclic) bond motifs is 1. The van der Waals surface area contributed by atoms with Crippen molar-refractivity contribution in [2.24, 2.45) is 0 Å². The van der Waals surface area contributed by atoms with E-state index in [1.165, 1.54) is 6.07 Å². The van der Waals surface area contributed by atoms with E-state index < -0.39 is 18.5 Å². The number of benzene rings is 3. The van der Waals surface area contributed by atoms with Gasteiger partial charge in [-0.05, 0) is 47.0 Å². The molecule has 0 saturated heterocycles. The van der Waals surface area contributed by atoms with Crippen LogP contribution in [0.2, 0.25) is 0 Å². The first-order chi connectivity index (χ1) is 13.5. The van der Waals surface area contributed by atoms with Crippen LogP contribution in [0.5, 0.6) is 5.75 Å². The van der Waals surface area contributed by atoms with Crippen molar-refractivity contribution in [3.05, 3.63) is 77.6 Å². The van der Waals surface area contributed by atoms with Crippen molar-refractivity contribution in [1.82, 2.24) is 5.32 Å². The second-order valence-corrected chi connectivity index (χ2v) is 6.32. The number of hydrogen-bond acceptors (Lipinski definition) is 4. The van der Waals surface area contributed by atoms with E-state index in [1.54, 1.807) is 25.1 Å². The zero-order valence-electron chi connectivity index (χ0n) is 15.4. The molecule has 1 amide bonds. The highest BCUT2D eigenvalue weighted by molar-refractivity contribution is 5.84. The van der Waals surface area contributed by atoms with E-state index in [-0.39, 0.29) is 19.0 Å². The number of ether oxygens (including phenoxy) is 2. The van der Waals surface area contributed by atoms with Crippen molar-refractivity contribution in [2.45, 2.75) is 13.5 Å². The van der Waals surface area contributed by atoms with Crippen LogP contribution in [0, 0.1) is 12.7 Å². The Balaban J connectivity index is 1.40. The maximum atomic E-state index is 13.5. The number of hydrogen-bond donors (Lipinski definition) is 1. The highest BCUT2D eigenvalue weighted by Crippen LogP contribution is 2.20. The monoisotopic (exact) mass is 381 g/mol. The highest BCUT2D eigenvalue weighted by atomic mass is 19.1. The lowest BCUT2D eigenvalue weighted by Crippen LogP contribution is -2.29. The Morgan fingerprint density at radius 3 is 2.54 bits per heavy atom. The number of carbonyl (C=O) groups excluding carboxylic acids is 2. The molecule has 0 aliphatic rings. The van der Waals surface area contributed by atoms with Gasteiger partial charge in [0.1, 0.15) is 11.6 Å². The topological polar surface area (TPSA) is 64.6 Å². The molecule has 0 radical (unpaired) electrons. The summed E-state index contributed by atoms with van der Waals surface area (Å²) in [5.41, 5.74) is 1.16. The third-order valence-corrected chi connectivity index (χ3v) is 4.17. The molecule has 0 unspecified atom stereocenters. The van der Waals surface area contributed by atoms with Gasteiger partial charge in [-0.1, -0.05) is 42.5 Å². The molecule has 0 heterocycles. The van der Waals surface area contributed by atoms with Crippen LogP contribution in [0.1, 0.15) is 11.1 Å². The Morgan fingerprint density at radius 2 is 1.75 bits per heavy atom. The summed E-state index contributed by atoms with van der Waals surface area (Å²) < 4.78 is 23.8. The van der Waals surface area contributed by atoms with Gasteiger partial charge in [0.05, 0.1) is 0 Å². The largest absolute Gasteiger partial charge is 0.482 e. The molecule has 3 aromatic carbocycles. The van der Waals surface area contributed by atoms with Gasteiger partial charge < -0.3 is 14.8 Å². The van der Waals surface area contributed by atoms with Crippen LogP contribution in [0.3, 0.4) is 0 Å². The van der Waals surface area contributed by atoms with E-state index in [4.69, 9.17) is 9.47 Å². The van der Waals surface area contributed by atoms with Gasteiger partial charge in [-0.15, -0.1) is 0 Å². The number of halogens is 1. The minimum absolute atomic E-state index is 0.154. The lowest BCUT2D eigenvalue weighted by molar-refractivity contribution is -0.150. The molecule has 1 N–H and O–H groups in total. The number of esters is 1. The maximum absolute atomic E-state index is 13.5. The van der Waals surface area contributed by atoms with Crippen LogP contribution in [0.4, 0.5) is 4.39 Å². The second-order valence-electron chi connectivity index (χ2n) is 6.32. The molecule has 28 heavy (non-hydrogen) atoms. The average molecular weight is 381 g/mol. The van der Waals surface area contributed by atoms with Crippen LogP contribution < -0.4 is 10.1 Å². The summed E-state index contributed by atoms with van der Waals surface area (Å²) >= 11 is 0. The standard InChI is InChI=1S/C22H20FNO4/c1-15-6-7-16(10-20(15)23)12-24-21(25)13-28-22(26)14-27-19-9-8-17-4-2-3-5-18(17)11-19/h2-11H,12-14H2,1H3,(H,24,25). The van der Waals surface area contributed by atoms with Crippen molar-refractivity contribution in [2.75, 3.05) is 13.2 Å². The Labute approximate surface area is 162 Å². The summed E-state index contributed by atoms with van der Waals surface area (Å²) in [4.78, 5) is 23.5. The molecule has 0 aliphatic heterocycles. The molecule has 0 spiro atoms. The molecule has 0 saturated carbocycles. The van der Waals surface area contributed by atoms with E-state index in [9.17, 15) is 14.0 Å². The third-order valence-electron chi connectivity index (χ3n) is 4.17. The summed E-state index contributed by atoms with van der Waals surface area (Å²) in [6.07, 6.45) is 0. The van der Waals surface area contributed by atoms with E-state index in [1.807, 2.05) is 36.4 Å². The highest BCUT2D eigenvalue weighted by Gasteiger charge is 2.09. The van der Waals surface area contributed by atoms with Gasteiger partial charge >= 0.3 is 5.97 Å². The van der Waals surface area contributed by atoms with Gasteiger partial charge in [-0.25, -0.2) is 9.18 Å². The zero-order valence-corrected chi connectivity index (χ0v) is 15.4. The summed E-state index contributed by atoms with van der Waals surface area (Å²) in [5, 5.41) is 4.64. The van der Waals surface area contributed by atoms with Crippen LogP contribution in [0.25, 0.3) is 10.8 Å². The minimum Gasteiger partial charge on any atom is -0.482 e. The number of nitrogens with one attached hydrogen (secondary N) is 1. The molecular formula is C22H20FNO4. The molecule has 0 aromatic heterocycles. The molecule has 3 rings (SSSR count). The number of carbonyl (C=O) groups is 2. The number of aryl methyl sites for hydroxylation is 1. The fourth-order valence-corrected chi connectivity index (χ4v) is 2.59. The quantitative estimate of drug-likeness (QED) is 0.636. The van der Waals surface area contributed by atoms with Crippen LogP contribution in [-0.4, -0.2) is 25.1 Å². The van der Waals surface area contributed by atoms with Gasteiger partial charge in [-0.2, -0.15) is 0 Å². The molecule has 0 fully saturated rings. The Bertz CT molecular complexity index is 1000.